The summed E-state index contributed by atoms with van der Waals surface area (Å²) in [4.78, 5) is 10.8. The molecule has 24 heavy (non-hydrogen) atoms. The molecule has 1 aliphatic rings. The lowest BCUT2D eigenvalue weighted by Gasteiger charge is -2.22. The van der Waals surface area contributed by atoms with E-state index in [1.54, 1.807) is 19.5 Å². The lowest BCUT2D eigenvalue weighted by atomic mass is 10.2. The Hall–Kier alpha value is -1.99. The van der Waals surface area contributed by atoms with E-state index in [4.69, 9.17) is 14.0 Å². The highest BCUT2D eigenvalue weighted by Gasteiger charge is 2.33. The minimum Gasteiger partial charge on any atom is -0.490 e. The van der Waals surface area contributed by atoms with Crippen molar-refractivity contribution in [3.8, 4) is 5.75 Å². The predicted octanol–water partition coefficient (Wildman–Crippen LogP) is 2.09. The van der Waals surface area contributed by atoms with Crippen LogP contribution in [0.25, 0.3) is 0 Å². The first-order valence-electron chi connectivity index (χ1n) is 8.39. The minimum atomic E-state index is 0.200. The maximum Gasteiger partial charge on any atom is 0.240 e. The van der Waals surface area contributed by atoms with Gasteiger partial charge in [0.1, 0.15) is 12.4 Å². The third-order valence-electron chi connectivity index (χ3n) is 4.22. The molecule has 3 heterocycles. The van der Waals surface area contributed by atoms with Gasteiger partial charge < -0.3 is 14.0 Å². The molecule has 0 radical (unpaired) electrons. The molecule has 1 fully saturated rings. The van der Waals surface area contributed by atoms with E-state index in [1.165, 1.54) is 0 Å². The summed E-state index contributed by atoms with van der Waals surface area (Å²) in [5, 5.41) is 4.02. The maximum atomic E-state index is 5.87. The number of hydrogen-bond donors (Lipinski definition) is 0. The first-order chi connectivity index (χ1) is 11.8. The van der Waals surface area contributed by atoms with Crippen LogP contribution in [0.5, 0.6) is 5.75 Å². The molecule has 0 spiro atoms. The average Bonchev–Trinajstić information content (AvgIpc) is 3.21. The fourth-order valence-corrected chi connectivity index (χ4v) is 2.95. The lowest BCUT2D eigenvalue weighted by molar-refractivity contribution is 0.105. The number of pyridine rings is 1. The average molecular weight is 332 g/mol. The molecule has 0 amide bonds. The Labute approximate surface area is 142 Å². The van der Waals surface area contributed by atoms with Crippen molar-refractivity contribution < 1.29 is 14.0 Å². The molecule has 3 rings (SSSR count). The van der Waals surface area contributed by atoms with Crippen LogP contribution in [-0.2, 0) is 17.7 Å². The second-order valence-electron chi connectivity index (χ2n) is 6.03. The van der Waals surface area contributed by atoms with Gasteiger partial charge in [-0.15, -0.1) is 0 Å². The van der Waals surface area contributed by atoms with Gasteiger partial charge in [-0.05, 0) is 25.0 Å². The van der Waals surface area contributed by atoms with E-state index >= 15 is 0 Å². The van der Waals surface area contributed by atoms with E-state index in [-0.39, 0.29) is 12.1 Å². The first-order valence-corrected chi connectivity index (χ1v) is 8.39. The zero-order valence-corrected chi connectivity index (χ0v) is 14.2. The van der Waals surface area contributed by atoms with Gasteiger partial charge in [0, 0.05) is 32.3 Å². The van der Waals surface area contributed by atoms with Gasteiger partial charge >= 0.3 is 0 Å². The van der Waals surface area contributed by atoms with Crippen LogP contribution in [-0.4, -0.2) is 52.4 Å². The predicted molar refractivity (Wildman–Crippen MR) is 87.6 cm³/mol. The monoisotopic (exact) mass is 332 g/mol. The molecule has 7 nitrogen and oxygen atoms in total. The topological polar surface area (TPSA) is 73.5 Å². The first kappa shape index (κ1) is 16.9. The van der Waals surface area contributed by atoms with Crippen molar-refractivity contribution in [2.24, 2.45) is 0 Å². The molecule has 0 N–H and O–H groups in total. The second kappa shape index (κ2) is 8.21. The van der Waals surface area contributed by atoms with Crippen LogP contribution in [0, 0.1) is 0 Å². The molecular formula is C17H24N4O3. The Kier molecular flexibility index (Phi) is 5.77. The summed E-state index contributed by atoms with van der Waals surface area (Å²) >= 11 is 0. The molecule has 1 aliphatic heterocycles. The number of likely N-dealkylation sites (tertiary alicyclic amines) is 1. The van der Waals surface area contributed by atoms with Crippen molar-refractivity contribution >= 4 is 0 Å². The highest BCUT2D eigenvalue weighted by atomic mass is 16.5. The summed E-state index contributed by atoms with van der Waals surface area (Å²) in [6, 6.07) is 4.03. The molecule has 0 aromatic carbocycles. The second-order valence-corrected chi connectivity index (χ2v) is 6.03. The summed E-state index contributed by atoms with van der Waals surface area (Å²) in [6.07, 6.45) is 6.44. The SMILES string of the molecule is CCCc1noc(CN2C[C@H](OC)C[C@H]2COc2cccnc2)n1. The van der Waals surface area contributed by atoms with Gasteiger partial charge in [-0.25, -0.2) is 0 Å². The van der Waals surface area contributed by atoms with Crippen molar-refractivity contribution in [2.75, 3.05) is 20.3 Å². The number of aryl methyl sites for hydroxylation is 1. The van der Waals surface area contributed by atoms with Crippen LogP contribution in [0.2, 0.25) is 0 Å². The molecule has 0 bridgehead atoms. The highest BCUT2D eigenvalue weighted by molar-refractivity contribution is 5.15. The fourth-order valence-electron chi connectivity index (χ4n) is 2.95. The fraction of sp³-hybridized carbons (Fsp3) is 0.588. The lowest BCUT2D eigenvalue weighted by Crippen LogP contribution is -2.34. The maximum absolute atomic E-state index is 5.87. The van der Waals surface area contributed by atoms with Gasteiger partial charge in [-0.2, -0.15) is 4.98 Å². The third kappa shape index (κ3) is 4.30. The number of rotatable bonds is 8. The molecule has 1 saturated heterocycles. The Morgan fingerprint density at radius 1 is 1.42 bits per heavy atom. The molecule has 2 atom stereocenters. The van der Waals surface area contributed by atoms with E-state index in [1.807, 2.05) is 12.1 Å². The smallest absolute Gasteiger partial charge is 0.240 e. The van der Waals surface area contributed by atoms with Gasteiger partial charge in [0.05, 0.1) is 18.8 Å². The van der Waals surface area contributed by atoms with Crippen LogP contribution in [0.3, 0.4) is 0 Å². The third-order valence-corrected chi connectivity index (χ3v) is 4.22. The molecule has 0 saturated carbocycles. The van der Waals surface area contributed by atoms with Gasteiger partial charge in [0.2, 0.25) is 5.89 Å². The largest absolute Gasteiger partial charge is 0.490 e. The summed E-state index contributed by atoms with van der Waals surface area (Å²) in [7, 11) is 1.75. The molecule has 2 aromatic heterocycles. The summed E-state index contributed by atoms with van der Waals surface area (Å²) in [5.41, 5.74) is 0. The van der Waals surface area contributed by atoms with Crippen LogP contribution in [0.4, 0.5) is 0 Å². The van der Waals surface area contributed by atoms with E-state index < -0.39 is 0 Å². The van der Waals surface area contributed by atoms with E-state index in [0.717, 1.165) is 37.4 Å². The minimum absolute atomic E-state index is 0.200. The van der Waals surface area contributed by atoms with Crippen molar-refractivity contribution in [2.45, 2.75) is 44.9 Å². The summed E-state index contributed by atoms with van der Waals surface area (Å²) in [5.74, 6) is 2.21. The van der Waals surface area contributed by atoms with Crippen LogP contribution in [0.15, 0.2) is 29.0 Å². The Balaban J connectivity index is 1.60. The Morgan fingerprint density at radius 2 is 2.33 bits per heavy atom. The number of hydrogen-bond acceptors (Lipinski definition) is 7. The van der Waals surface area contributed by atoms with Gasteiger partial charge in [-0.1, -0.05) is 12.1 Å². The molecule has 2 aromatic rings. The molecule has 0 aliphatic carbocycles. The molecular weight excluding hydrogens is 308 g/mol. The number of methoxy groups -OCH3 is 1. The van der Waals surface area contributed by atoms with Crippen LogP contribution in [0.1, 0.15) is 31.5 Å². The normalized spacial score (nSPS) is 21.2. The van der Waals surface area contributed by atoms with Crippen LogP contribution < -0.4 is 4.74 Å². The number of ether oxygens (including phenoxy) is 2. The van der Waals surface area contributed by atoms with Gasteiger partial charge in [0.15, 0.2) is 5.82 Å². The van der Waals surface area contributed by atoms with Crippen molar-refractivity contribution in [1.29, 1.82) is 0 Å². The molecule has 7 heteroatoms. The number of aromatic nitrogens is 3. The quantitative estimate of drug-likeness (QED) is 0.733. The number of nitrogens with zero attached hydrogens (tertiary/aromatic N) is 4. The summed E-state index contributed by atoms with van der Waals surface area (Å²) < 4.78 is 16.8. The highest BCUT2D eigenvalue weighted by Crippen LogP contribution is 2.23. The van der Waals surface area contributed by atoms with Crippen molar-refractivity contribution in [1.82, 2.24) is 20.0 Å². The van der Waals surface area contributed by atoms with Gasteiger partial charge in [-0.3, -0.25) is 9.88 Å². The van der Waals surface area contributed by atoms with E-state index in [9.17, 15) is 0 Å². The van der Waals surface area contributed by atoms with E-state index in [0.29, 0.717) is 19.0 Å². The Morgan fingerprint density at radius 3 is 3.08 bits per heavy atom. The zero-order chi connectivity index (χ0) is 16.8. The van der Waals surface area contributed by atoms with Crippen molar-refractivity contribution in [3.05, 3.63) is 36.2 Å². The Bertz CT molecular complexity index is 619. The zero-order valence-electron chi connectivity index (χ0n) is 14.2. The standard InChI is InChI=1S/C17H24N4O3/c1-3-5-16-19-17(24-20-16)11-21-10-15(22-2)8-13(21)12-23-14-6-4-7-18-9-14/h4,6-7,9,13,15H,3,5,8,10-12H2,1-2H3/t13-,15+/m0/s1. The van der Waals surface area contributed by atoms with Crippen molar-refractivity contribution in [3.63, 3.8) is 0 Å². The molecule has 0 unspecified atom stereocenters. The summed E-state index contributed by atoms with van der Waals surface area (Å²) in [6.45, 7) is 4.15. The van der Waals surface area contributed by atoms with E-state index in [2.05, 4.69) is 26.9 Å². The molecule has 130 valence electrons. The van der Waals surface area contributed by atoms with Crippen LogP contribution >= 0.6 is 0 Å². The van der Waals surface area contributed by atoms with Gasteiger partial charge in [0.25, 0.3) is 0 Å².